The average molecular weight is 733 g/mol. The Morgan fingerprint density at radius 3 is 1.96 bits per heavy atom. The first kappa shape index (κ1) is 38.4. The molecule has 1 unspecified atom stereocenters. The van der Waals surface area contributed by atoms with Gasteiger partial charge in [-0.15, -0.1) is 0 Å². The van der Waals surface area contributed by atoms with Gasteiger partial charge >= 0.3 is 6.03 Å². The van der Waals surface area contributed by atoms with Gasteiger partial charge in [0, 0.05) is 12.6 Å². The topological polar surface area (TPSA) is 174 Å². The molecule has 3 aliphatic carbocycles. The Morgan fingerprint density at radius 2 is 1.42 bits per heavy atom. The first-order chi connectivity index (χ1) is 24.9. The number of fused-ring (bicyclic) bond motifs is 2. The molecule has 0 spiro atoms. The number of hydrogen-bond donors (Lipinski definition) is 4. The average Bonchev–Trinajstić information content (AvgIpc) is 3.55. The molecule has 4 fully saturated rings. The van der Waals surface area contributed by atoms with Gasteiger partial charge in [0.1, 0.15) is 12.1 Å². The molecule has 7 amide bonds. The van der Waals surface area contributed by atoms with Crippen LogP contribution in [-0.4, -0.2) is 94.4 Å². The van der Waals surface area contributed by atoms with Crippen LogP contribution in [0.15, 0.2) is 24.3 Å². The zero-order valence-corrected chi connectivity index (χ0v) is 32.0. The van der Waals surface area contributed by atoms with Gasteiger partial charge in [-0.3, -0.25) is 33.7 Å². The van der Waals surface area contributed by atoms with Gasteiger partial charge in [-0.2, -0.15) is 0 Å². The number of Topliss-reactive ketones (excluding diaryl/α,β-unsaturated/α-hetero) is 1. The molecule has 3 saturated carbocycles. The van der Waals surface area contributed by atoms with Crippen LogP contribution < -0.4 is 21.3 Å². The van der Waals surface area contributed by atoms with Crippen molar-refractivity contribution in [2.45, 2.75) is 130 Å². The maximum absolute atomic E-state index is 14.6. The number of carbonyl (C=O) groups is 7. The van der Waals surface area contributed by atoms with Gasteiger partial charge in [0.25, 0.3) is 17.7 Å². The smallest absolute Gasteiger partial charge is 0.315 e. The number of urea groups is 1. The van der Waals surface area contributed by atoms with Gasteiger partial charge in [-0.1, -0.05) is 79.4 Å². The van der Waals surface area contributed by atoms with E-state index in [2.05, 4.69) is 21.3 Å². The van der Waals surface area contributed by atoms with E-state index in [1.54, 1.807) is 29.2 Å². The van der Waals surface area contributed by atoms with Crippen molar-refractivity contribution in [3.05, 3.63) is 35.4 Å². The molecule has 0 radical (unpaired) electrons. The molecular weight excluding hydrogens is 676 g/mol. The molecule has 1 aromatic carbocycles. The molecule has 13 heteroatoms. The molecule has 288 valence electrons. The SMILES string of the molecule is CC(C)(C)[C@H](NC(=O)N[C@H](CN1C(=O)c2ccccc2C1=O)C(C)(C)C)C(=O)N1C[C@@H]2CCC[C@@H]2[C@H]1C(=O)NC(CC1CCC1)C(=O)C(=O)NC1CC1. The first-order valence-electron chi connectivity index (χ1n) is 19.4. The monoisotopic (exact) mass is 732 g/mol. The number of rotatable bonds is 12. The predicted molar refractivity (Wildman–Crippen MR) is 196 cm³/mol. The summed E-state index contributed by atoms with van der Waals surface area (Å²) in [5.41, 5.74) is -0.701. The lowest BCUT2D eigenvalue weighted by Crippen LogP contribution is -2.62. The molecule has 5 aliphatic rings. The fraction of sp³-hybridized carbons (Fsp3) is 0.675. The molecule has 1 saturated heterocycles. The van der Waals surface area contributed by atoms with Crippen LogP contribution in [0.4, 0.5) is 4.79 Å². The number of carbonyl (C=O) groups excluding carboxylic acids is 7. The molecule has 6 atom stereocenters. The van der Waals surface area contributed by atoms with Gasteiger partial charge in [-0.05, 0) is 72.8 Å². The minimum atomic E-state index is -1.03. The maximum Gasteiger partial charge on any atom is 0.315 e. The van der Waals surface area contributed by atoms with Crippen molar-refractivity contribution in [2.75, 3.05) is 13.1 Å². The molecule has 0 aromatic heterocycles. The van der Waals surface area contributed by atoms with Crippen LogP contribution in [0.3, 0.4) is 0 Å². The molecular formula is C40H56N6O7. The predicted octanol–water partition coefficient (Wildman–Crippen LogP) is 3.56. The van der Waals surface area contributed by atoms with Crippen LogP contribution >= 0.6 is 0 Å². The Balaban J connectivity index is 1.17. The Labute approximate surface area is 312 Å². The lowest BCUT2D eigenvalue weighted by Gasteiger charge is -2.38. The summed E-state index contributed by atoms with van der Waals surface area (Å²) in [6.07, 6.45) is 7.56. The number of likely N-dealkylation sites (tertiary alicyclic amines) is 1. The van der Waals surface area contributed by atoms with Crippen molar-refractivity contribution in [2.24, 2.45) is 28.6 Å². The molecule has 1 aromatic rings. The number of nitrogens with one attached hydrogen (secondary N) is 4. The summed E-state index contributed by atoms with van der Waals surface area (Å²) in [6, 6.07) is 2.49. The normalized spacial score (nSPS) is 24.5. The van der Waals surface area contributed by atoms with E-state index in [9.17, 15) is 33.6 Å². The highest BCUT2D eigenvalue weighted by molar-refractivity contribution is 6.38. The van der Waals surface area contributed by atoms with E-state index in [1.807, 2.05) is 41.5 Å². The van der Waals surface area contributed by atoms with Gasteiger partial charge in [0.05, 0.1) is 29.8 Å². The Bertz CT molecular complexity index is 1620. The zero-order chi connectivity index (χ0) is 38.4. The van der Waals surface area contributed by atoms with Gasteiger partial charge in [0.2, 0.25) is 17.6 Å². The second-order valence-electron chi connectivity index (χ2n) is 18.1. The summed E-state index contributed by atoms with van der Waals surface area (Å²) >= 11 is 0. The summed E-state index contributed by atoms with van der Waals surface area (Å²) in [6.45, 7) is 11.5. The number of imide groups is 1. The largest absolute Gasteiger partial charge is 0.347 e. The van der Waals surface area contributed by atoms with E-state index in [-0.39, 0.29) is 30.3 Å². The van der Waals surface area contributed by atoms with E-state index in [0.29, 0.717) is 24.1 Å². The number of amides is 7. The van der Waals surface area contributed by atoms with Gasteiger partial charge in [-0.25, -0.2) is 4.79 Å². The van der Waals surface area contributed by atoms with Crippen molar-refractivity contribution in [1.29, 1.82) is 0 Å². The minimum absolute atomic E-state index is 0.00810. The molecule has 6 rings (SSSR count). The quantitative estimate of drug-likeness (QED) is 0.188. The fourth-order valence-corrected chi connectivity index (χ4v) is 8.33. The van der Waals surface area contributed by atoms with E-state index < -0.39 is 76.3 Å². The number of hydrogen-bond acceptors (Lipinski definition) is 7. The Morgan fingerprint density at radius 1 is 0.792 bits per heavy atom. The third kappa shape index (κ3) is 8.28. The van der Waals surface area contributed by atoms with Crippen molar-refractivity contribution in [1.82, 2.24) is 31.1 Å². The maximum atomic E-state index is 14.6. The van der Waals surface area contributed by atoms with Crippen molar-refractivity contribution >= 4 is 41.4 Å². The van der Waals surface area contributed by atoms with Crippen molar-refractivity contribution < 1.29 is 33.6 Å². The minimum Gasteiger partial charge on any atom is -0.347 e. The fourth-order valence-electron chi connectivity index (χ4n) is 8.33. The molecule has 2 aliphatic heterocycles. The van der Waals surface area contributed by atoms with E-state index in [1.165, 1.54) is 0 Å². The number of nitrogens with zero attached hydrogens (tertiary/aromatic N) is 2. The zero-order valence-electron chi connectivity index (χ0n) is 32.0. The molecule has 2 heterocycles. The Kier molecular flexibility index (Phi) is 10.8. The van der Waals surface area contributed by atoms with Crippen LogP contribution in [0.1, 0.15) is 120 Å². The number of ketones is 1. The molecule has 4 N–H and O–H groups in total. The highest BCUT2D eigenvalue weighted by Crippen LogP contribution is 2.43. The van der Waals surface area contributed by atoms with Gasteiger partial charge in [0.15, 0.2) is 0 Å². The van der Waals surface area contributed by atoms with E-state index in [0.717, 1.165) is 56.3 Å². The standard InChI is InChI=1S/C40H56N6O7/c1-39(2,3)29(21-46-35(50)26-14-7-8-15-27(26)36(46)51)43-38(53)44-32(40(4,5)6)37(52)45-20-23-13-10-16-25(23)30(45)33(48)42-28(19-22-11-9-12-22)31(47)34(49)41-24-17-18-24/h7-8,14-15,22-25,28-30,32H,9-13,16-21H2,1-6H3,(H,41,49)(H,42,48)(H2,43,44,53)/t23-,25-,28?,29+,30-,32+/m0/s1. The number of benzene rings is 1. The van der Waals surface area contributed by atoms with Crippen LogP contribution in [0.5, 0.6) is 0 Å². The van der Waals surface area contributed by atoms with Crippen LogP contribution in [0.2, 0.25) is 0 Å². The van der Waals surface area contributed by atoms with Crippen LogP contribution in [0, 0.1) is 28.6 Å². The first-order valence-corrected chi connectivity index (χ1v) is 19.4. The summed E-state index contributed by atoms with van der Waals surface area (Å²) in [5, 5.41) is 11.5. The van der Waals surface area contributed by atoms with Crippen LogP contribution in [0.25, 0.3) is 0 Å². The van der Waals surface area contributed by atoms with E-state index in [4.69, 9.17) is 0 Å². The third-order valence-corrected chi connectivity index (χ3v) is 12.0. The van der Waals surface area contributed by atoms with Crippen molar-refractivity contribution in [3.8, 4) is 0 Å². The summed E-state index contributed by atoms with van der Waals surface area (Å²) < 4.78 is 0. The summed E-state index contributed by atoms with van der Waals surface area (Å²) in [7, 11) is 0. The molecule has 13 nitrogen and oxygen atoms in total. The second-order valence-corrected chi connectivity index (χ2v) is 18.1. The van der Waals surface area contributed by atoms with Crippen LogP contribution in [-0.2, 0) is 19.2 Å². The van der Waals surface area contributed by atoms with Gasteiger partial charge < -0.3 is 26.2 Å². The summed E-state index contributed by atoms with van der Waals surface area (Å²) in [4.78, 5) is 98.0. The second kappa shape index (κ2) is 14.9. The Hall–Kier alpha value is -4.29. The highest BCUT2D eigenvalue weighted by atomic mass is 16.2. The molecule has 0 bridgehead atoms. The van der Waals surface area contributed by atoms with Crippen molar-refractivity contribution in [3.63, 3.8) is 0 Å². The van der Waals surface area contributed by atoms with E-state index >= 15 is 0 Å². The lowest BCUT2D eigenvalue weighted by atomic mass is 9.80. The summed E-state index contributed by atoms with van der Waals surface area (Å²) in [5.74, 6) is -2.74. The third-order valence-electron chi connectivity index (χ3n) is 12.0. The lowest BCUT2D eigenvalue weighted by molar-refractivity contribution is -0.144. The molecule has 53 heavy (non-hydrogen) atoms. The highest BCUT2D eigenvalue weighted by Gasteiger charge is 2.52.